The second-order valence-electron chi connectivity index (χ2n) is 6.25. The van der Waals surface area contributed by atoms with Gasteiger partial charge in [0.2, 0.25) is 0 Å². The SMILES string of the molecule is Cc1ccsc1CNCC1CCC2CCCCC2N1. The van der Waals surface area contributed by atoms with Crippen molar-refractivity contribution in [1.82, 2.24) is 10.6 Å². The fraction of sp³-hybridized carbons (Fsp3) is 0.750. The first-order chi connectivity index (χ1) is 9.33. The minimum atomic E-state index is 0.694. The summed E-state index contributed by atoms with van der Waals surface area (Å²) in [4.78, 5) is 1.49. The molecule has 0 amide bonds. The molecule has 3 unspecified atom stereocenters. The fourth-order valence-corrected chi connectivity index (χ4v) is 4.56. The predicted molar refractivity (Wildman–Crippen MR) is 82.7 cm³/mol. The highest BCUT2D eigenvalue weighted by Gasteiger charge is 2.31. The molecular formula is C16H26N2S. The van der Waals surface area contributed by atoms with E-state index in [0.717, 1.165) is 25.0 Å². The Kier molecular flexibility index (Phi) is 4.57. The number of hydrogen-bond donors (Lipinski definition) is 2. The Balaban J connectivity index is 1.42. The Labute approximate surface area is 121 Å². The summed E-state index contributed by atoms with van der Waals surface area (Å²) in [6.45, 7) is 4.37. The zero-order valence-electron chi connectivity index (χ0n) is 12.0. The molecule has 1 saturated carbocycles. The molecule has 3 atom stereocenters. The van der Waals surface area contributed by atoms with E-state index in [0.29, 0.717) is 6.04 Å². The first kappa shape index (κ1) is 13.6. The van der Waals surface area contributed by atoms with Crippen LogP contribution in [0.5, 0.6) is 0 Å². The van der Waals surface area contributed by atoms with Gasteiger partial charge in [0.05, 0.1) is 0 Å². The van der Waals surface area contributed by atoms with Gasteiger partial charge in [0.1, 0.15) is 0 Å². The molecule has 2 heterocycles. The summed E-state index contributed by atoms with van der Waals surface area (Å²) >= 11 is 1.87. The summed E-state index contributed by atoms with van der Waals surface area (Å²) in [6, 6.07) is 3.73. The van der Waals surface area contributed by atoms with Crippen molar-refractivity contribution in [1.29, 1.82) is 0 Å². The van der Waals surface area contributed by atoms with Gasteiger partial charge in [-0.2, -0.15) is 0 Å². The van der Waals surface area contributed by atoms with Crippen LogP contribution in [-0.2, 0) is 6.54 Å². The van der Waals surface area contributed by atoms with Gasteiger partial charge in [0.15, 0.2) is 0 Å². The van der Waals surface area contributed by atoms with E-state index in [-0.39, 0.29) is 0 Å². The Morgan fingerprint density at radius 1 is 1.26 bits per heavy atom. The van der Waals surface area contributed by atoms with Crippen LogP contribution in [0.3, 0.4) is 0 Å². The van der Waals surface area contributed by atoms with E-state index in [9.17, 15) is 0 Å². The molecular weight excluding hydrogens is 252 g/mol. The molecule has 2 N–H and O–H groups in total. The molecule has 1 aromatic rings. The normalized spacial score (nSPS) is 31.1. The van der Waals surface area contributed by atoms with Crippen molar-refractivity contribution in [2.75, 3.05) is 6.54 Å². The first-order valence-corrected chi connectivity index (χ1v) is 8.70. The third-order valence-corrected chi connectivity index (χ3v) is 5.91. The van der Waals surface area contributed by atoms with E-state index in [1.807, 2.05) is 11.3 Å². The van der Waals surface area contributed by atoms with Gasteiger partial charge >= 0.3 is 0 Å². The highest BCUT2D eigenvalue weighted by Crippen LogP contribution is 2.32. The molecule has 0 aromatic carbocycles. The van der Waals surface area contributed by atoms with Gasteiger partial charge < -0.3 is 10.6 Å². The van der Waals surface area contributed by atoms with Gasteiger partial charge in [-0.05, 0) is 55.5 Å². The smallest absolute Gasteiger partial charge is 0.0303 e. The molecule has 1 aliphatic heterocycles. The average molecular weight is 278 g/mol. The summed E-state index contributed by atoms with van der Waals surface area (Å²) in [7, 11) is 0. The van der Waals surface area contributed by atoms with Gasteiger partial charge in [-0.15, -0.1) is 11.3 Å². The summed E-state index contributed by atoms with van der Waals surface area (Å²) in [5, 5.41) is 9.73. The molecule has 0 spiro atoms. The third-order valence-electron chi connectivity index (χ3n) is 4.89. The molecule has 1 aromatic heterocycles. The van der Waals surface area contributed by atoms with E-state index in [2.05, 4.69) is 29.0 Å². The minimum Gasteiger partial charge on any atom is -0.310 e. The summed E-state index contributed by atoms with van der Waals surface area (Å²) in [6.07, 6.45) is 8.57. The maximum Gasteiger partial charge on any atom is 0.0303 e. The van der Waals surface area contributed by atoms with Crippen molar-refractivity contribution in [3.63, 3.8) is 0 Å². The molecule has 0 radical (unpaired) electrons. The monoisotopic (exact) mass is 278 g/mol. The van der Waals surface area contributed by atoms with Crippen molar-refractivity contribution in [3.05, 3.63) is 21.9 Å². The predicted octanol–water partition coefficient (Wildman–Crippen LogP) is 3.46. The number of piperidine rings is 1. The molecule has 3 heteroatoms. The van der Waals surface area contributed by atoms with E-state index in [1.165, 1.54) is 49.0 Å². The molecule has 2 nitrogen and oxygen atoms in total. The second-order valence-corrected chi connectivity index (χ2v) is 7.25. The van der Waals surface area contributed by atoms with Crippen LogP contribution in [0.15, 0.2) is 11.4 Å². The van der Waals surface area contributed by atoms with Gasteiger partial charge in [0.25, 0.3) is 0 Å². The minimum absolute atomic E-state index is 0.694. The number of nitrogens with one attached hydrogen (secondary N) is 2. The molecule has 2 aliphatic rings. The molecule has 1 aliphatic carbocycles. The maximum absolute atomic E-state index is 3.89. The highest BCUT2D eigenvalue weighted by molar-refractivity contribution is 7.10. The van der Waals surface area contributed by atoms with Crippen LogP contribution >= 0.6 is 11.3 Å². The van der Waals surface area contributed by atoms with Gasteiger partial charge in [-0.25, -0.2) is 0 Å². The molecule has 106 valence electrons. The van der Waals surface area contributed by atoms with Crippen LogP contribution < -0.4 is 10.6 Å². The van der Waals surface area contributed by atoms with Crippen molar-refractivity contribution >= 4 is 11.3 Å². The maximum atomic E-state index is 3.89. The van der Waals surface area contributed by atoms with Crippen LogP contribution in [0, 0.1) is 12.8 Å². The lowest BCUT2D eigenvalue weighted by molar-refractivity contribution is 0.174. The van der Waals surface area contributed by atoms with Gasteiger partial charge in [0, 0.05) is 30.1 Å². The Bertz CT molecular complexity index is 401. The average Bonchev–Trinajstić information content (AvgIpc) is 2.84. The standard InChI is InChI=1S/C16H26N2S/c1-12-8-9-19-16(12)11-17-10-14-7-6-13-4-2-3-5-15(13)18-14/h8-9,13-15,17-18H,2-7,10-11H2,1H3. The molecule has 19 heavy (non-hydrogen) atoms. The summed E-state index contributed by atoms with van der Waals surface area (Å²) in [5.74, 6) is 0.976. The van der Waals surface area contributed by atoms with Crippen molar-refractivity contribution in [2.24, 2.45) is 5.92 Å². The molecule has 0 bridgehead atoms. The van der Waals surface area contributed by atoms with Crippen LogP contribution in [0.25, 0.3) is 0 Å². The number of hydrogen-bond acceptors (Lipinski definition) is 3. The van der Waals surface area contributed by atoms with E-state index < -0.39 is 0 Å². The Morgan fingerprint density at radius 3 is 3.00 bits per heavy atom. The lowest BCUT2D eigenvalue weighted by atomic mass is 9.78. The van der Waals surface area contributed by atoms with Gasteiger partial charge in [-0.3, -0.25) is 0 Å². The van der Waals surface area contributed by atoms with Crippen molar-refractivity contribution < 1.29 is 0 Å². The quantitative estimate of drug-likeness (QED) is 0.881. The van der Waals surface area contributed by atoms with Crippen molar-refractivity contribution in [3.8, 4) is 0 Å². The highest BCUT2D eigenvalue weighted by atomic mass is 32.1. The topological polar surface area (TPSA) is 24.1 Å². The van der Waals surface area contributed by atoms with Crippen LogP contribution in [0.4, 0.5) is 0 Å². The zero-order chi connectivity index (χ0) is 13.1. The number of thiophene rings is 1. The van der Waals surface area contributed by atoms with Gasteiger partial charge in [-0.1, -0.05) is 12.8 Å². The number of rotatable bonds is 4. The zero-order valence-corrected chi connectivity index (χ0v) is 12.8. The molecule has 3 rings (SSSR count). The van der Waals surface area contributed by atoms with E-state index in [1.54, 1.807) is 0 Å². The number of fused-ring (bicyclic) bond motifs is 1. The molecule has 1 saturated heterocycles. The van der Waals surface area contributed by atoms with Crippen LogP contribution in [0.2, 0.25) is 0 Å². The van der Waals surface area contributed by atoms with E-state index in [4.69, 9.17) is 0 Å². The van der Waals surface area contributed by atoms with Crippen molar-refractivity contribution in [2.45, 2.75) is 64.1 Å². The third kappa shape index (κ3) is 3.39. The van der Waals surface area contributed by atoms with Crippen LogP contribution in [-0.4, -0.2) is 18.6 Å². The Morgan fingerprint density at radius 2 is 2.16 bits per heavy atom. The lowest BCUT2D eigenvalue weighted by Gasteiger charge is -2.40. The summed E-state index contributed by atoms with van der Waals surface area (Å²) in [5.41, 5.74) is 1.43. The molecule has 2 fully saturated rings. The Hall–Kier alpha value is -0.380. The second kappa shape index (κ2) is 6.38. The summed E-state index contributed by atoms with van der Waals surface area (Å²) < 4.78 is 0. The lowest BCUT2D eigenvalue weighted by Crippen LogP contribution is -2.52. The first-order valence-electron chi connectivity index (χ1n) is 7.82. The number of aryl methyl sites for hydroxylation is 1. The van der Waals surface area contributed by atoms with E-state index >= 15 is 0 Å². The van der Waals surface area contributed by atoms with Crippen LogP contribution in [0.1, 0.15) is 49.0 Å². The fourth-order valence-electron chi connectivity index (χ4n) is 3.68. The largest absolute Gasteiger partial charge is 0.310 e.